The van der Waals surface area contributed by atoms with Crippen molar-refractivity contribution in [3.8, 4) is 0 Å². The smallest absolute Gasteiger partial charge is 0.222 e. The number of nitrogens with two attached hydrogens (primary N) is 1. The first-order valence-electron chi connectivity index (χ1n) is 7.12. The van der Waals surface area contributed by atoms with Crippen LogP contribution in [0.4, 0.5) is 0 Å². The highest BCUT2D eigenvalue weighted by atomic mass is 32.1. The van der Waals surface area contributed by atoms with E-state index in [4.69, 9.17) is 18.0 Å². The molecule has 0 aliphatic heterocycles. The minimum Gasteiger partial charge on any atom is -0.393 e. The molecule has 0 saturated carbocycles. The van der Waals surface area contributed by atoms with Crippen LogP contribution in [0.3, 0.4) is 0 Å². The van der Waals surface area contributed by atoms with Crippen molar-refractivity contribution in [3.63, 3.8) is 0 Å². The lowest BCUT2D eigenvalue weighted by molar-refractivity contribution is -0.132. The quantitative estimate of drug-likeness (QED) is 0.749. The van der Waals surface area contributed by atoms with Crippen LogP contribution in [0.25, 0.3) is 0 Å². The number of hydrogen-bond acceptors (Lipinski definition) is 2. The molecule has 110 valence electrons. The molecule has 1 aromatic rings. The zero-order valence-electron chi connectivity index (χ0n) is 12.3. The first-order valence-corrected chi connectivity index (χ1v) is 7.53. The molecule has 20 heavy (non-hydrogen) atoms. The van der Waals surface area contributed by atoms with Gasteiger partial charge in [-0.05, 0) is 32.3 Å². The van der Waals surface area contributed by atoms with E-state index in [0.29, 0.717) is 24.4 Å². The predicted octanol–water partition coefficient (Wildman–Crippen LogP) is 2.92. The minimum atomic E-state index is 0.187. The Balaban J connectivity index is 2.40. The summed E-state index contributed by atoms with van der Waals surface area (Å²) in [6, 6.07) is 10.4. The van der Waals surface area contributed by atoms with Gasteiger partial charge in [0, 0.05) is 25.4 Å². The average Bonchev–Trinajstić information content (AvgIpc) is 2.39. The van der Waals surface area contributed by atoms with Gasteiger partial charge in [-0.3, -0.25) is 4.79 Å². The zero-order valence-corrected chi connectivity index (χ0v) is 13.2. The first-order chi connectivity index (χ1) is 9.50. The van der Waals surface area contributed by atoms with E-state index in [1.165, 1.54) is 5.56 Å². The molecule has 0 spiro atoms. The van der Waals surface area contributed by atoms with Crippen LogP contribution >= 0.6 is 12.2 Å². The Labute approximate surface area is 127 Å². The maximum Gasteiger partial charge on any atom is 0.222 e. The number of hydrogen-bond donors (Lipinski definition) is 1. The summed E-state index contributed by atoms with van der Waals surface area (Å²) in [6.45, 7) is 4.67. The standard InChI is InChI=1S/C16H24N2OS/c1-13(2)18(12-11-15(17)20)16(19)10-6-9-14-7-4-3-5-8-14/h3-5,7-8,13H,6,9-12H2,1-2H3,(H2,17,20). The second kappa shape index (κ2) is 8.69. The fourth-order valence-electron chi connectivity index (χ4n) is 2.13. The lowest BCUT2D eigenvalue weighted by Crippen LogP contribution is -2.38. The van der Waals surface area contributed by atoms with Crippen molar-refractivity contribution in [2.45, 2.75) is 45.6 Å². The van der Waals surface area contributed by atoms with Crippen LogP contribution in [0.2, 0.25) is 0 Å². The number of amides is 1. The van der Waals surface area contributed by atoms with Crippen molar-refractivity contribution in [1.29, 1.82) is 0 Å². The van der Waals surface area contributed by atoms with E-state index < -0.39 is 0 Å². The molecule has 0 aliphatic rings. The zero-order chi connectivity index (χ0) is 15.0. The molecule has 0 atom stereocenters. The molecule has 4 heteroatoms. The number of nitrogens with zero attached hydrogens (tertiary/aromatic N) is 1. The number of carbonyl (C=O) groups is 1. The van der Waals surface area contributed by atoms with Crippen LogP contribution in [-0.4, -0.2) is 28.4 Å². The topological polar surface area (TPSA) is 46.3 Å². The number of thiocarbonyl (C=S) groups is 1. The molecule has 1 amide bonds. The molecule has 0 fully saturated rings. The molecule has 2 N–H and O–H groups in total. The summed E-state index contributed by atoms with van der Waals surface area (Å²) in [6.07, 6.45) is 2.98. The number of rotatable bonds is 8. The summed E-state index contributed by atoms with van der Waals surface area (Å²) < 4.78 is 0. The predicted molar refractivity (Wildman–Crippen MR) is 87.6 cm³/mol. The summed E-state index contributed by atoms with van der Waals surface area (Å²) in [5.74, 6) is 0.187. The maximum absolute atomic E-state index is 12.2. The van der Waals surface area contributed by atoms with Crippen LogP contribution < -0.4 is 5.73 Å². The van der Waals surface area contributed by atoms with E-state index >= 15 is 0 Å². The molecular formula is C16H24N2OS. The van der Waals surface area contributed by atoms with Gasteiger partial charge in [-0.2, -0.15) is 0 Å². The largest absolute Gasteiger partial charge is 0.393 e. The van der Waals surface area contributed by atoms with Gasteiger partial charge >= 0.3 is 0 Å². The van der Waals surface area contributed by atoms with Crippen molar-refractivity contribution < 1.29 is 4.79 Å². The van der Waals surface area contributed by atoms with E-state index in [1.54, 1.807) is 0 Å². The summed E-state index contributed by atoms with van der Waals surface area (Å²) >= 11 is 4.88. The highest BCUT2D eigenvalue weighted by molar-refractivity contribution is 7.80. The fourth-order valence-corrected chi connectivity index (χ4v) is 2.22. The second-order valence-electron chi connectivity index (χ2n) is 5.24. The third kappa shape index (κ3) is 6.15. The molecule has 0 radical (unpaired) electrons. The van der Waals surface area contributed by atoms with Crippen molar-refractivity contribution >= 4 is 23.1 Å². The van der Waals surface area contributed by atoms with Crippen molar-refractivity contribution in [1.82, 2.24) is 4.90 Å². The minimum absolute atomic E-state index is 0.187. The molecule has 0 heterocycles. The molecule has 0 unspecified atom stereocenters. The van der Waals surface area contributed by atoms with Gasteiger partial charge in [0.05, 0.1) is 4.99 Å². The Morgan fingerprint density at radius 1 is 1.25 bits per heavy atom. The Hall–Kier alpha value is -1.42. The molecule has 3 nitrogen and oxygen atoms in total. The molecule has 0 saturated heterocycles. The van der Waals surface area contributed by atoms with Gasteiger partial charge in [0.2, 0.25) is 5.91 Å². The average molecular weight is 292 g/mol. The van der Waals surface area contributed by atoms with Gasteiger partial charge in [-0.1, -0.05) is 42.5 Å². The van der Waals surface area contributed by atoms with Crippen LogP contribution in [0, 0.1) is 0 Å². The molecule has 0 bridgehead atoms. The molecule has 0 aromatic heterocycles. The third-order valence-electron chi connectivity index (χ3n) is 3.24. The molecule has 0 aliphatic carbocycles. The van der Waals surface area contributed by atoms with E-state index in [1.807, 2.05) is 36.9 Å². The van der Waals surface area contributed by atoms with E-state index in [2.05, 4.69) is 12.1 Å². The van der Waals surface area contributed by atoms with Gasteiger partial charge in [0.25, 0.3) is 0 Å². The number of benzene rings is 1. The van der Waals surface area contributed by atoms with Crippen molar-refractivity contribution in [2.24, 2.45) is 5.73 Å². The van der Waals surface area contributed by atoms with E-state index in [9.17, 15) is 4.79 Å². The third-order valence-corrected chi connectivity index (χ3v) is 3.45. The monoisotopic (exact) mass is 292 g/mol. The van der Waals surface area contributed by atoms with Crippen LogP contribution in [0.5, 0.6) is 0 Å². The van der Waals surface area contributed by atoms with Gasteiger partial charge < -0.3 is 10.6 Å². The Morgan fingerprint density at radius 3 is 2.45 bits per heavy atom. The number of aryl methyl sites for hydroxylation is 1. The summed E-state index contributed by atoms with van der Waals surface area (Å²) in [7, 11) is 0. The Bertz CT molecular complexity index is 431. The van der Waals surface area contributed by atoms with Crippen molar-refractivity contribution in [3.05, 3.63) is 35.9 Å². The number of carbonyl (C=O) groups excluding carboxylic acids is 1. The maximum atomic E-state index is 12.2. The van der Waals surface area contributed by atoms with Crippen LogP contribution in [0.1, 0.15) is 38.7 Å². The Morgan fingerprint density at radius 2 is 1.90 bits per heavy atom. The van der Waals surface area contributed by atoms with Gasteiger partial charge in [0.1, 0.15) is 0 Å². The van der Waals surface area contributed by atoms with Crippen molar-refractivity contribution in [2.75, 3.05) is 6.54 Å². The summed E-state index contributed by atoms with van der Waals surface area (Å²) in [5, 5.41) is 0. The van der Waals surface area contributed by atoms with Crippen LogP contribution in [0.15, 0.2) is 30.3 Å². The van der Waals surface area contributed by atoms with Gasteiger partial charge in [-0.25, -0.2) is 0 Å². The molecule has 1 rings (SSSR count). The summed E-state index contributed by atoms with van der Waals surface area (Å²) in [4.78, 5) is 14.6. The van der Waals surface area contributed by atoms with Gasteiger partial charge in [0.15, 0.2) is 0 Å². The van der Waals surface area contributed by atoms with Crippen LogP contribution in [-0.2, 0) is 11.2 Å². The SMILES string of the molecule is CC(C)N(CCC(N)=S)C(=O)CCCc1ccccc1. The summed E-state index contributed by atoms with van der Waals surface area (Å²) in [5.41, 5.74) is 6.79. The Kier molecular flexibility index (Phi) is 7.23. The first kappa shape index (κ1) is 16.6. The molecular weight excluding hydrogens is 268 g/mol. The van der Waals surface area contributed by atoms with E-state index in [0.717, 1.165) is 12.8 Å². The fraction of sp³-hybridized carbons (Fsp3) is 0.500. The second-order valence-corrected chi connectivity index (χ2v) is 5.76. The van der Waals surface area contributed by atoms with E-state index in [-0.39, 0.29) is 11.9 Å². The lowest BCUT2D eigenvalue weighted by atomic mass is 10.1. The highest BCUT2D eigenvalue weighted by Crippen LogP contribution is 2.09. The highest BCUT2D eigenvalue weighted by Gasteiger charge is 2.16. The molecule has 1 aromatic carbocycles. The van der Waals surface area contributed by atoms with Gasteiger partial charge in [-0.15, -0.1) is 0 Å². The normalized spacial score (nSPS) is 10.6. The lowest BCUT2D eigenvalue weighted by Gasteiger charge is -2.26.